The van der Waals surface area contributed by atoms with Crippen LogP contribution in [0.2, 0.25) is 5.02 Å². The van der Waals surface area contributed by atoms with Crippen molar-refractivity contribution >= 4 is 23.2 Å². The predicted molar refractivity (Wildman–Crippen MR) is 71.4 cm³/mol. The molecule has 0 aliphatic carbocycles. The number of hydrogen-bond donors (Lipinski definition) is 1. The van der Waals surface area contributed by atoms with Crippen molar-refractivity contribution < 1.29 is 14.8 Å². The van der Waals surface area contributed by atoms with E-state index in [1.807, 2.05) is 6.92 Å². The summed E-state index contributed by atoms with van der Waals surface area (Å²) in [5.74, 6) is -0.374. The molecule has 6 nitrogen and oxygen atoms in total. The summed E-state index contributed by atoms with van der Waals surface area (Å²) in [5, 5.41) is 19.8. The summed E-state index contributed by atoms with van der Waals surface area (Å²) in [6.45, 7) is 2.40. The highest BCUT2D eigenvalue weighted by molar-refractivity contribution is 6.31. The van der Waals surface area contributed by atoms with Gasteiger partial charge < -0.3 is 10.0 Å². The van der Waals surface area contributed by atoms with Crippen LogP contribution in [0.4, 0.5) is 5.69 Å². The second-order valence-electron chi connectivity index (χ2n) is 3.97. The Morgan fingerprint density at radius 2 is 2.11 bits per heavy atom. The van der Waals surface area contributed by atoms with E-state index in [-0.39, 0.29) is 35.3 Å². The quantitative estimate of drug-likeness (QED) is 0.641. The van der Waals surface area contributed by atoms with Crippen molar-refractivity contribution in [2.45, 2.75) is 13.3 Å². The van der Waals surface area contributed by atoms with Crippen LogP contribution in [0.5, 0.6) is 0 Å². The average Bonchev–Trinajstić information content (AvgIpc) is 2.37. The first-order valence-electron chi connectivity index (χ1n) is 5.84. The summed E-state index contributed by atoms with van der Waals surface area (Å²) in [6, 6.07) is 3.76. The van der Waals surface area contributed by atoms with Gasteiger partial charge >= 0.3 is 0 Å². The number of aliphatic hydroxyl groups is 1. The SMILES string of the molecule is CCCN(CCO)C(=O)c1cc(Cl)cc([N+](=O)[O-])c1. The molecule has 1 rings (SSSR count). The Hall–Kier alpha value is -1.66. The molecule has 0 aliphatic rings. The van der Waals surface area contributed by atoms with E-state index in [9.17, 15) is 14.9 Å². The highest BCUT2D eigenvalue weighted by atomic mass is 35.5. The first-order valence-corrected chi connectivity index (χ1v) is 6.22. The van der Waals surface area contributed by atoms with Crippen LogP contribution in [-0.2, 0) is 0 Å². The molecule has 0 saturated carbocycles. The average molecular weight is 287 g/mol. The smallest absolute Gasteiger partial charge is 0.271 e. The van der Waals surface area contributed by atoms with Crippen LogP contribution in [0.25, 0.3) is 0 Å². The lowest BCUT2D eigenvalue weighted by atomic mass is 10.1. The molecule has 0 atom stereocenters. The van der Waals surface area contributed by atoms with Gasteiger partial charge in [-0.2, -0.15) is 0 Å². The van der Waals surface area contributed by atoms with Gasteiger partial charge in [-0.15, -0.1) is 0 Å². The fourth-order valence-corrected chi connectivity index (χ4v) is 1.92. The molecule has 1 aromatic carbocycles. The predicted octanol–water partition coefficient (Wildman–Crippen LogP) is 2.09. The maximum Gasteiger partial charge on any atom is 0.271 e. The minimum Gasteiger partial charge on any atom is -0.395 e. The number of nitro benzene ring substituents is 1. The molecule has 1 amide bonds. The molecule has 1 aromatic rings. The number of aliphatic hydroxyl groups excluding tert-OH is 1. The van der Waals surface area contributed by atoms with Crippen LogP contribution in [0.15, 0.2) is 18.2 Å². The zero-order valence-corrected chi connectivity index (χ0v) is 11.3. The molecule has 19 heavy (non-hydrogen) atoms. The van der Waals surface area contributed by atoms with Gasteiger partial charge in [0.05, 0.1) is 11.5 Å². The third kappa shape index (κ3) is 4.18. The van der Waals surface area contributed by atoms with Crippen molar-refractivity contribution in [3.8, 4) is 0 Å². The minimum atomic E-state index is -0.598. The fraction of sp³-hybridized carbons (Fsp3) is 0.417. The summed E-state index contributed by atoms with van der Waals surface area (Å²) in [7, 11) is 0. The van der Waals surface area contributed by atoms with Gasteiger partial charge in [-0.25, -0.2) is 0 Å². The molecular weight excluding hydrogens is 272 g/mol. The van der Waals surface area contributed by atoms with Crippen LogP contribution in [0.3, 0.4) is 0 Å². The van der Waals surface area contributed by atoms with Gasteiger partial charge in [0.25, 0.3) is 11.6 Å². The van der Waals surface area contributed by atoms with Crippen molar-refractivity contribution in [2.75, 3.05) is 19.7 Å². The number of carbonyl (C=O) groups is 1. The summed E-state index contributed by atoms with van der Waals surface area (Å²) in [4.78, 5) is 23.8. The van der Waals surface area contributed by atoms with E-state index in [0.717, 1.165) is 6.42 Å². The topological polar surface area (TPSA) is 83.7 Å². The molecule has 0 fully saturated rings. The summed E-state index contributed by atoms with van der Waals surface area (Å²) in [5.41, 5.74) is -0.0719. The Labute approximate surface area is 115 Å². The Morgan fingerprint density at radius 1 is 1.42 bits per heavy atom. The third-order valence-electron chi connectivity index (χ3n) is 2.49. The van der Waals surface area contributed by atoms with E-state index in [1.54, 1.807) is 0 Å². The fourth-order valence-electron chi connectivity index (χ4n) is 1.69. The van der Waals surface area contributed by atoms with Gasteiger partial charge in [-0.05, 0) is 12.5 Å². The molecule has 0 heterocycles. The zero-order valence-electron chi connectivity index (χ0n) is 10.5. The second-order valence-corrected chi connectivity index (χ2v) is 4.41. The van der Waals surface area contributed by atoms with Crippen molar-refractivity contribution in [2.24, 2.45) is 0 Å². The number of rotatable bonds is 6. The number of carbonyl (C=O) groups excluding carboxylic acids is 1. The number of amides is 1. The number of halogens is 1. The van der Waals surface area contributed by atoms with E-state index < -0.39 is 4.92 Å². The third-order valence-corrected chi connectivity index (χ3v) is 2.71. The molecule has 7 heteroatoms. The van der Waals surface area contributed by atoms with Gasteiger partial charge in [-0.3, -0.25) is 14.9 Å². The van der Waals surface area contributed by atoms with E-state index in [2.05, 4.69) is 0 Å². The molecule has 1 N–H and O–H groups in total. The van der Waals surface area contributed by atoms with Gasteiger partial charge in [-0.1, -0.05) is 18.5 Å². The van der Waals surface area contributed by atoms with E-state index >= 15 is 0 Å². The van der Waals surface area contributed by atoms with Crippen LogP contribution < -0.4 is 0 Å². The zero-order chi connectivity index (χ0) is 14.4. The van der Waals surface area contributed by atoms with Gasteiger partial charge in [0.15, 0.2) is 0 Å². The number of hydrogen-bond acceptors (Lipinski definition) is 4. The Kier molecular flexibility index (Phi) is 5.72. The molecule has 0 aromatic heterocycles. The van der Waals surface area contributed by atoms with E-state index in [4.69, 9.17) is 16.7 Å². The van der Waals surface area contributed by atoms with Gasteiger partial charge in [0, 0.05) is 35.8 Å². The number of benzene rings is 1. The molecule has 0 bridgehead atoms. The highest BCUT2D eigenvalue weighted by Crippen LogP contribution is 2.22. The maximum atomic E-state index is 12.2. The normalized spacial score (nSPS) is 10.3. The van der Waals surface area contributed by atoms with Crippen molar-refractivity contribution in [1.82, 2.24) is 4.90 Å². The Balaban J connectivity index is 3.06. The van der Waals surface area contributed by atoms with Crippen molar-refractivity contribution in [3.63, 3.8) is 0 Å². The molecule has 0 aliphatic heterocycles. The molecule has 0 saturated heterocycles. The minimum absolute atomic E-state index is 0.137. The molecule has 0 radical (unpaired) electrons. The van der Waals surface area contributed by atoms with Crippen molar-refractivity contribution in [3.05, 3.63) is 38.9 Å². The molecular formula is C12H15ClN2O4. The first kappa shape index (κ1) is 15.4. The van der Waals surface area contributed by atoms with Crippen LogP contribution in [0.1, 0.15) is 23.7 Å². The van der Waals surface area contributed by atoms with Gasteiger partial charge in [0.1, 0.15) is 0 Å². The second kappa shape index (κ2) is 7.06. The molecule has 0 spiro atoms. The van der Waals surface area contributed by atoms with Crippen molar-refractivity contribution in [1.29, 1.82) is 0 Å². The number of nitrogens with zero attached hydrogens (tertiary/aromatic N) is 2. The number of non-ortho nitro benzene ring substituents is 1. The highest BCUT2D eigenvalue weighted by Gasteiger charge is 2.18. The standard InChI is InChI=1S/C12H15ClN2O4/c1-2-3-14(4-5-16)12(17)9-6-10(13)8-11(7-9)15(18)19/h6-8,16H,2-5H2,1H3. The lowest BCUT2D eigenvalue weighted by Gasteiger charge is -2.21. The lowest BCUT2D eigenvalue weighted by Crippen LogP contribution is -2.34. The van der Waals surface area contributed by atoms with Crippen LogP contribution >= 0.6 is 11.6 Å². The van der Waals surface area contributed by atoms with Crippen LogP contribution in [0, 0.1) is 10.1 Å². The largest absolute Gasteiger partial charge is 0.395 e. The summed E-state index contributed by atoms with van der Waals surface area (Å²) < 4.78 is 0. The van der Waals surface area contributed by atoms with E-state index in [1.165, 1.54) is 23.1 Å². The van der Waals surface area contributed by atoms with Crippen LogP contribution in [-0.4, -0.2) is 40.5 Å². The summed E-state index contributed by atoms with van der Waals surface area (Å²) >= 11 is 5.77. The number of nitro groups is 1. The first-order chi connectivity index (χ1) is 8.99. The lowest BCUT2D eigenvalue weighted by molar-refractivity contribution is -0.384. The molecule has 104 valence electrons. The molecule has 0 unspecified atom stereocenters. The van der Waals surface area contributed by atoms with Gasteiger partial charge in [0.2, 0.25) is 0 Å². The summed E-state index contributed by atoms with van der Waals surface area (Å²) in [6.07, 6.45) is 0.731. The van der Waals surface area contributed by atoms with E-state index in [0.29, 0.717) is 6.54 Å². The monoisotopic (exact) mass is 286 g/mol. The Morgan fingerprint density at radius 3 is 2.63 bits per heavy atom. The Bertz CT molecular complexity index is 473. The maximum absolute atomic E-state index is 12.2.